The van der Waals surface area contributed by atoms with Crippen LogP contribution in [0.2, 0.25) is 0 Å². The number of rotatable bonds is 3. The SMILES string of the molecule is Cc1cc(-c2nn(C(C)C)c(C(=O)O)c2N)ccc1C#N. The molecule has 21 heavy (non-hydrogen) atoms. The van der Waals surface area contributed by atoms with E-state index in [1.54, 1.807) is 18.2 Å². The highest BCUT2D eigenvalue weighted by Crippen LogP contribution is 2.30. The van der Waals surface area contributed by atoms with E-state index in [2.05, 4.69) is 11.2 Å². The van der Waals surface area contributed by atoms with Gasteiger partial charge in [-0.1, -0.05) is 6.07 Å². The molecule has 0 aliphatic carbocycles. The number of carboxylic acids is 1. The highest BCUT2D eigenvalue weighted by atomic mass is 16.4. The van der Waals surface area contributed by atoms with Crippen LogP contribution in [0.1, 0.15) is 41.5 Å². The standard InChI is InChI=1S/C15H16N4O2/c1-8(2)19-14(15(20)21)12(17)13(18-19)10-4-5-11(7-16)9(3)6-10/h4-6,8H,17H2,1-3H3,(H,20,21). The van der Waals surface area contributed by atoms with Gasteiger partial charge in [0.25, 0.3) is 0 Å². The molecule has 108 valence electrons. The van der Waals surface area contributed by atoms with Gasteiger partial charge in [0.1, 0.15) is 5.69 Å². The summed E-state index contributed by atoms with van der Waals surface area (Å²) in [4.78, 5) is 11.4. The van der Waals surface area contributed by atoms with Crippen LogP contribution in [0.15, 0.2) is 18.2 Å². The van der Waals surface area contributed by atoms with E-state index in [1.807, 2.05) is 20.8 Å². The van der Waals surface area contributed by atoms with Crippen molar-refractivity contribution in [2.24, 2.45) is 0 Å². The van der Waals surface area contributed by atoms with Crippen LogP contribution < -0.4 is 5.73 Å². The Morgan fingerprint density at radius 2 is 2.14 bits per heavy atom. The lowest BCUT2D eigenvalue weighted by molar-refractivity contribution is 0.0682. The van der Waals surface area contributed by atoms with Crippen LogP contribution in [0.5, 0.6) is 0 Å². The number of aromatic nitrogens is 2. The molecule has 0 radical (unpaired) electrons. The molecular weight excluding hydrogens is 268 g/mol. The zero-order chi connectivity index (χ0) is 15.7. The molecule has 0 aliphatic heterocycles. The minimum Gasteiger partial charge on any atom is -0.476 e. The van der Waals surface area contributed by atoms with Crippen LogP contribution >= 0.6 is 0 Å². The first-order valence-corrected chi connectivity index (χ1v) is 6.49. The van der Waals surface area contributed by atoms with Crippen LogP contribution in [-0.2, 0) is 0 Å². The van der Waals surface area contributed by atoms with Crippen LogP contribution in [-0.4, -0.2) is 20.9 Å². The van der Waals surface area contributed by atoms with Gasteiger partial charge in [0.05, 0.1) is 17.3 Å². The lowest BCUT2D eigenvalue weighted by Gasteiger charge is -2.07. The monoisotopic (exact) mass is 284 g/mol. The summed E-state index contributed by atoms with van der Waals surface area (Å²) in [6.07, 6.45) is 0. The van der Waals surface area contributed by atoms with E-state index >= 15 is 0 Å². The third-order valence-electron chi connectivity index (χ3n) is 3.26. The van der Waals surface area contributed by atoms with E-state index < -0.39 is 5.97 Å². The average Bonchev–Trinajstić information content (AvgIpc) is 2.76. The summed E-state index contributed by atoms with van der Waals surface area (Å²) in [6, 6.07) is 7.16. The van der Waals surface area contributed by atoms with Crippen LogP contribution in [0.25, 0.3) is 11.3 Å². The molecule has 0 fully saturated rings. The Morgan fingerprint density at radius 3 is 2.57 bits per heavy atom. The van der Waals surface area contributed by atoms with Crippen LogP contribution in [0.3, 0.4) is 0 Å². The number of nitrogens with zero attached hydrogens (tertiary/aromatic N) is 3. The first-order chi connectivity index (χ1) is 9.86. The Labute approximate surface area is 122 Å². The van der Waals surface area contributed by atoms with Crippen molar-refractivity contribution >= 4 is 11.7 Å². The van der Waals surface area contributed by atoms with Crippen molar-refractivity contribution in [1.82, 2.24) is 9.78 Å². The minimum absolute atomic E-state index is 0.0120. The Bertz CT molecular complexity index is 754. The number of aromatic carboxylic acids is 1. The van der Waals surface area contributed by atoms with Crippen molar-refractivity contribution in [3.8, 4) is 17.3 Å². The second kappa shape index (κ2) is 5.29. The van der Waals surface area contributed by atoms with Gasteiger partial charge >= 0.3 is 5.97 Å². The van der Waals surface area contributed by atoms with Gasteiger partial charge in [0.15, 0.2) is 5.69 Å². The Morgan fingerprint density at radius 1 is 1.48 bits per heavy atom. The fourth-order valence-electron chi connectivity index (χ4n) is 2.18. The normalized spacial score (nSPS) is 10.6. The summed E-state index contributed by atoms with van der Waals surface area (Å²) in [5.74, 6) is -1.11. The van der Waals surface area contributed by atoms with Crippen molar-refractivity contribution in [3.05, 3.63) is 35.0 Å². The van der Waals surface area contributed by atoms with E-state index in [1.165, 1.54) is 4.68 Å². The Kier molecular flexibility index (Phi) is 3.68. The fraction of sp³-hybridized carbons (Fsp3) is 0.267. The summed E-state index contributed by atoms with van der Waals surface area (Å²) in [6.45, 7) is 5.50. The molecule has 2 rings (SSSR count). The molecule has 3 N–H and O–H groups in total. The number of nitriles is 1. The van der Waals surface area contributed by atoms with Crippen molar-refractivity contribution in [2.75, 3.05) is 5.73 Å². The van der Waals surface area contributed by atoms with Crippen molar-refractivity contribution < 1.29 is 9.90 Å². The number of hydrogen-bond donors (Lipinski definition) is 2. The van der Waals surface area contributed by atoms with Gasteiger partial charge in [-0.05, 0) is 38.5 Å². The Balaban J connectivity index is 2.65. The van der Waals surface area contributed by atoms with Crippen LogP contribution in [0, 0.1) is 18.3 Å². The molecule has 1 aromatic carbocycles. The molecule has 0 saturated heterocycles. The number of anilines is 1. The van der Waals surface area contributed by atoms with Gasteiger partial charge in [-0.15, -0.1) is 0 Å². The second-order valence-electron chi connectivity index (χ2n) is 5.10. The number of nitrogen functional groups attached to an aromatic ring is 1. The third kappa shape index (κ3) is 2.46. The third-order valence-corrected chi connectivity index (χ3v) is 3.26. The molecule has 0 amide bonds. The summed E-state index contributed by atoms with van der Waals surface area (Å²) < 4.78 is 1.40. The van der Waals surface area contributed by atoms with Gasteiger partial charge < -0.3 is 10.8 Å². The zero-order valence-electron chi connectivity index (χ0n) is 12.1. The lowest BCUT2D eigenvalue weighted by atomic mass is 10.0. The van der Waals surface area contributed by atoms with Gasteiger partial charge in [-0.3, -0.25) is 4.68 Å². The molecule has 0 spiro atoms. The first-order valence-electron chi connectivity index (χ1n) is 6.49. The maximum Gasteiger partial charge on any atom is 0.356 e. The number of hydrogen-bond acceptors (Lipinski definition) is 4. The molecule has 1 heterocycles. The molecule has 0 bridgehead atoms. The highest BCUT2D eigenvalue weighted by Gasteiger charge is 2.23. The van der Waals surface area contributed by atoms with Crippen molar-refractivity contribution in [2.45, 2.75) is 26.8 Å². The molecule has 0 atom stereocenters. The second-order valence-corrected chi connectivity index (χ2v) is 5.10. The smallest absolute Gasteiger partial charge is 0.356 e. The molecule has 2 aromatic rings. The molecule has 0 aliphatic rings. The van der Waals surface area contributed by atoms with Crippen LogP contribution in [0.4, 0.5) is 5.69 Å². The molecular formula is C15H16N4O2. The lowest BCUT2D eigenvalue weighted by Crippen LogP contribution is -2.13. The number of carbonyl (C=O) groups is 1. The zero-order valence-corrected chi connectivity index (χ0v) is 12.1. The number of benzene rings is 1. The summed E-state index contributed by atoms with van der Waals surface area (Å²) in [5, 5.41) is 22.6. The topological polar surface area (TPSA) is 105 Å². The molecule has 0 unspecified atom stereocenters. The number of carboxylic acid groups (broad SMARTS) is 1. The molecule has 1 aromatic heterocycles. The minimum atomic E-state index is -1.11. The van der Waals surface area contributed by atoms with E-state index in [9.17, 15) is 9.90 Å². The maximum atomic E-state index is 11.4. The van der Waals surface area contributed by atoms with Gasteiger partial charge in [-0.2, -0.15) is 10.4 Å². The average molecular weight is 284 g/mol. The van der Waals surface area contributed by atoms with E-state index in [4.69, 9.17) is 11.0 Å². The predicted molar refractivity (Wildman–Crippen MR) is 78.9 cm³/mol. The summed E-state index contributed by atoms with van der Waals surface area (Å²) in [7, 11) is 0. The Hall–Kier alpha value is -2.81. The molecule has 6 nitrogen and oxygen atoms in total. The largest absolute Gasteiger partial charge is 0.476 e. The van der Waals surface area contributed by atoms with Gasteiger partial charge in [-0.25, -0.2) is 4.79 Å². The number of aryl methyl sites for hydroxylation is 1. The first kappa shape index (κ1) is 14.6. The van der Waals surface area contributed by atoms with E-state index in [-0.39, 0.29) is 17.4 Å². The van der Waals surface area contributed by atoms with Gasteiger partial charge in [0.2, 0.25) is 0 Å². The van der Waals surface area contributed by atoms with Crippen molar-refractivity contribution in [3.63, 3.8) is 0 Å². The summed E-state index contributed by atoms with van der Waals surface area (Å²) >= 11 is 0. The number of nitrogens with two attached hydrogens (primary N) is 1. The molecule has 6 heteroatoms. The molecule has 0 saturated carbocycles. The fourth-order valence-corrected chi connectivity index (χ4v) is 2.18. The van der Waals surface area contributed by atoms with E-state index in [0.717, 1.165) is 5.56 Å². The quantitative estimate of drug-likeness (QED) is 0.901. The highest BCUT2D eigenvalue weighted by molar-refractivity contribution is 5.96. The predicted octanol–water partition coefficient (Wildman–Crippen LogP) is 2.59. The van der Waals surface area contributed by atoms with Gasteiger partial charge in [0, 0.05) is 11.6 Å². The van der Waals surface area contributed by atoms with E-state index in [0.29, 0.717) is 16.8 Å². The maximum absolute atomic E-state index is 11.4. The summed E-state index contributed by atoms with van der Waals surface area (Å²) in [5.41, 5.74) is 8.58. The van der Waals surface area contributed by atoms with Crippen molar-refractivity contribution in [1.29, 1.82) is 5.26 Å².